The number of nitrogens with one attached hydrogen (secondary N) is 2. The topological polar surface area (TPSA) is 63.5 Å². The average Bonchev–Trinajstić information content (AvgIpc) is 3.36. The highest BCUT2D eigenvalue weighted by Crippen LogP contribution is 2.30. The number of alkyl halides is 2. The third-order valence-corrected chi connectivity index (χ3v) is 4.19. The molecule has 0 amide bonds. The Labute approximate surface area is 174 Å². The third-order valence-electron chi connectivity index (χ3n) is 4.19. The van der Waals surface area contributed by atoms with Crippen molar-refractivity contribution in [1.82, 2.24) is 20.2 Å². The van der Waals surface area contributed by atoms with Crippen molar-refractivity contribution >= 4 is 29.9 Å². The molecule has 27 heavy (non-hydrogen) atoms. The molecule has 0 aliphatic heterocycles. The van der Waals surface area contributed by atoms with Crippen LogP contribution < -0.4 is 15.4 Å². The monoisotopic (exact) mass is 491 g/mol. The van der Waals surface area contributed by atoms with Crippen LogP contribution in [0.4, 0.5) is 8.78 Å². The lowest BCUT2D eigenvalue weighted by Gasteiger charge is -2.15. The lowest BCUT2D eigenvalue weighted by atomic mass is 10.2. The molecule has 6 nitrogen and oxygen atoms in total. The molecule has 0 unspecified atom stereocenters. The fraction of sp³-hybridized carbons (Fsp3) is 0.444. The molecule has 1 aliphatic rings. The molecule has 148 valence electrons. The average molecular weight is 491 g/mol. The number of nitrogens with zero attached hydrogens (tertiary/aromatic N) is 3. The lowest BCUT2D eigenvalue weighted by Crippen LogP contribution is -2.37. The van der Waals surface area contributed by atoms with E-state index in [1.807, 2.05) is 24.3 Å². The van der Waals surface area contributed by atoms with Gasteiger partial charge in [0.15, 0.2) is 5.96 Å². The number of rotatable bonds is 8. The molecule has 1 saturated carbocycles. The van der Waals surface area contributed by atoms with Crippen LogP contribution in [-0.4, -0.2) is 29.2 Å². The van der Waals surface area contributed by atoms with Gasteiger partial charge in [-0.15, -0.1) is 24.0 Å². The largest absolute Gasteiger partial charge is 0.493 e. The van der Waals surface area contributed by atoms with Gasteiger partial charge in [-0.25, -0.2) is 4.98 Å². The summed E-state index contributed by atoms with van der Waals surface area (Å²) in [7, 11) is 1.63. The molecule has 1 aliphatic carbocycles. The van der Waals surface area contributed by atoms with E-state index in [9.17, 15) is 8.78 Å². The summed E-state index contributed by atoms with van der Waals surface area (Å²) >= 11 is 0. The predicted molar refractivity (Wildman–Crippen MR) is 111 cm³/mol. The van der Waals surface area contributed by atoms with Crippen LogP contribution in [0.5, 0.6) is 5.75 Å². The van der Waals surface area contributed by atoms with E-state index in [2.05, 4.69) is 20.6 Å². The molecule has 0 radical (unpaired) electrons. The van der Waals surface area contributed by atoms with Gasteiger partial charge in [0.2, 0.25) is 0 Å². The first kappa shape index (κ1) is 21.4. The van der Waals surface area contributed by atoms with Gasteiger partial charge in [-0.3, -0.25) is 9.56 Å². The number of hydrogen-bond donors (Lipinski definition) is 2. The van der Waals surface area contributed by atoms with Gasteiger partial charge in [-0.2, -0.15) is 8.78 Å². The van der Waals surface area contributed by atoms with Crippen LogP contribution in [-0.2, 0) is 13.1 Å². The molecule has 1 fully saturated rings. The Morgan fingerprint density at radius 3 is 2.74 bits per heavy atom. The zero-order chi connectivity index (χ0) is 18.4. The lowest BCUT2D eigenvalue weighted by molar-refractivity contribution is 0.0668. The minimum atomic E-state index is -2.61. The van der Waals surface area contributed by atoms with Crippen molar-refractivity contribution in [2.75, 3.05) is 13.7 Å². The Morgan fingerprint density at radius 2 is 2.04 bits per heavy atom. The van der Waals surface area contributed by atoms with Gasteiger partial charge in [-0.05, 0) is 24.8 Å². The number of guanidine groups is 1. The second kappa shape index (κ2) is 10.4. The van der Waals surface area contributed by atoms with E-state index in [1.165, 1.54) is 25.2 Å². The molecule has 3 rings (SSSR count). The Balaban J connectivity index is 0.00000261. The molecule has 0 bridgehead atoms. The van der Waals surface area contributed by atoms with E-state index in [-0.39, 0.29) is 36.3 Å². The van der Waals surface area contributed by atoms with Gasteiger partial charge < -0.3 is 15.4 Å². The Hall–Kier alpha value is -1.91. The summed E-state index contributed by atoms with van der Waals surface area (Å²) in [5.74, 6) is 2.29. The van der Waals surface area contributed by atoms with E-state index >= 15 is 0 Å². The Kier molecular flexibility index (Phi) is 8.26. The summed E-state index contributed by atoms with van der Waals surface area (Å²) in [6.07, 6.45) is 5.09. The standard InChI is InChI=1S/C18H23F2N5O.HI/c1-21-18(24-11-16-22-8-9-25(16)17(19)20)23-10-14-4-2-3-5-15(14)26-12-13-6-7-13;/h2-5,8-9,13,17H,6-7,10-12H2,1H3,(H2,21,23,24);1H. The fourth-order valence-corrected chi connectivity index (χ4v) is 2.50. The van der Waals surface area contributed by atoms with Gasteiger partial charge in [-0.1, -0.05) is 18.2 Å². The molecule has 9 heteroatoms. The minimum Gasteiger partial charge on any atom is -0.493 e. The van der Waals surface area contributed by atoms with Crippen molar-refractivity contribution in [3.05, 3.63) is 48.0 Å². The Bertz CT molecular complexity index is 749. The number of ether oxygens (including phenoxy) is 1. The Morgan fingerprint density at radius 1 is 1.30 bits per heavy atom. The van der Waals surface area contributed by atoms with Crippen molar-refractivity contribution in [2.24, 2.45) is 10.9 Å². The number of imidazole rings is 1. The van der Waals surface area contributed by atoms with Crippen LogP contribution >= 0.6 is 24.0 Å². The smallest absolute Gasteiger partial charge is 0.319 e. The van der Waals surface area contributed by atoms with E-state index in [0.29, 0.717) is 18.4 Å². The molecule has 1 heterocycles. The molecule has 2 N–H and O–H groups in total. The molecule has 1 aromatic carbocycles. The van der Waals surface area contributed by atoms with Crippen LogP contribution in [0.25, 0.3) is 0 Å². The van der Waals surface area contributed by atoms with Crippen molar-refractivity contribution in [1.29, 1.82) is 0 Å². The SMILES string of the molecule is CN=C(NCc1ccccc1OCC1CC1)NCc1nccn1C(F)F.I. The van der Waals surface area contributed by atoms with Crippen molar-refractivity contribution in [2.45, 2.75) is 32.5 Å². The third kappa shape index (κ3) is 6.33. The maximum atomic E-state index is 12.9. The summed E-state index contributed by atoms with van der Waals surface area (Å²) in [5.41, 5.74) is 1.02. The normalized spacial score (nSPS) is 14.0. The van der Waals surface area contributed by atoms with Gasteiger partial charge in [0.05, 0.1) is 13.2 Å². The highest BCUT2D eigenvalue weighted by molar-refractivity contribution is 14.0. The zero-order valence-electron chi connectivity index (χ0n) is 15.1. The molecule has 0 spiro atoms. The van der Waals surface area contributed by atoms with Gasteiger partial charge in [0, 0.05) is 31.5 Å². The molecule has 0 atom stereocenters. The number of aromatic nitrogens is 2. The first-order chi connectivity index (χ1) is 12.7. The molecule has 2 aromatic rings. The molecular formula is C18H24F2IN5O. The van der Waals surface area contributed by atoms with Crippen LogP contribution in [0.3, 0.4) is 0 Å². The van der Waals surface area contributed by atoms with Crippen molar-refractivity contribution < 1.29 is 13.5 Å². The van der Waals surface area contributed by atoms with E-state index in [1.54, 1.807) is 7.05 Å². The summed E-state index contributed by atoms with van der Waals surface area (Å²) < 4.78 is 32.4. The number of aliphatic imine (C=N–C) groups is 1. The summed E-state index contributed by atoms with van der Waals surface area (Å²) in [6.45, 7) is -1.19. The highest BCUT2D eigenvalue weighted by Gasteiger charge is 2.22. The molecule has 1 aromatic heterocycles. The predicted octanol–water partition coefficient (Wildman–Crippen LogP) is 3.55. The second-order valence-corrected chi connectivity index (χ2v) is 6.17. The zero-order valence-corrected chi connectivity index (χ0v) is 17.4. The van der Waals surface area contributed by atoms with E-state index in [0.717, 1.165) is 22.5 Å². The second-order valence-electron chi connectivity index (χ2n) is 6.17. The van der Waals surface area contributed by atoms with Crippen LogP contribution in [0.1, 0.15) is 30.8 Å². The number of halogens is 3. The van der Waals surface area contributed by atoms with Crippen molar-refractivity contribution in [3.63, 3.8) is 0 Å². The number of para-hydroxylation sites is 1. The first-order valence-corrected chi connectivity index (χ1v) is 8.62. The van der Waals surface area contributed by atoms with Gasteiger partial charge in [0.1, 0.15) is 11.6 Å². The minimum absolute atomic E-state index is 0. The van der Waals surface area contributed by atoms with Crippen molar-refractivity contribution in [3.8, 4) is 5.75 Å². The molecule has 0 saturated heterocycles. The summed E-state index contributed by atoms with van der Waals surface area (Å²) in [4.78, 5) is 8.06. The number of benzene rings is 1. The van der Waals surface area contributed by atoms with E-state index < -0.39 is 6.55 Å². The fourth-order valence-electron chi connectivity index (χ4n) is 2.50. The maximum Gasteiger partial charge on any atom is 0.319 e. The van der Waals surface area contributed by atoms with Crippen LogP contribution in [0.2, 0.25) is 0 Å². The van der Waals surface area contributed by atoms with Crippen LogP contribution in [0.15, 0.2) is 41.7 Å². The summed E-state index contributed by atoms with van der Waals surface area (Å²) in [5, 5.41) is 6.17. The maximum absolute atomic E-state index is 12.9. The number of hydrogen-bond acceptors (Lipinski definition) is 3. The van der Waals surface area contributed by atoms with E-state index in [4.69, 9.17) is 4.74 Å². The highest BCUT2D eigenvalue weighted by atomic mass is 127. The quantitative estimate of drug-likeness (QED) is 0.337. The van der Waals surface area contributed by atoms with Crippen LogP contribution in [0, 0.1) is 5.92 Å². The van der Waals surface area contributed by atoms with Gasteiger partial charge >= 0.3 is 6.55 Å². The first-order valence-electron chi connectivity index (χ1n) is 8.62. The summed E-state index contributed by atoms with van der Waals surface area (Å²) in [6, 6.07) is 7.85. The molecular weight excluding hydrogens is 467 g/mol. The van der Waals surface area contributed by atoms with Gasteiger partial charge in [0.25, 0.3) is 0 Å².